The zero-order chi connectivity index (χ0) is 14.3. The first-order valence-electron chi connectivity index (χ1n) is 5.67. The van der Waals surface area contributed by atoms with Crippen LogP contribution in [0.3, 0.4) is 0 Å². The predicted octanol–water partition coefficient (Wildman–Crippen LogP) is 3.61. The van der Waals surface area contributed by atoms with Crippen LogP contribution in [0.15, 0.2) is 45.6 Å². The molecule has 0 unspecified atom stereocenters. The Labute approximate surface area is 131 Å². The van der Waals surface area contributed by atoms with E-state index in [1.165, 1.54) is 0 Å². The lowest BCUT2D eigenvalue weighted by Gasteiger charge is -2.04. The molecule has 0 aliphatic heterocycles. The fraction of sp³-hybridized carbons (Fsp3) is 0. The van der Waals surface area contributed by atoms with Crippen LogP contribution >= 0.6 is 34.2 Å². The molecule has 0 saturated heterocycles. The Kier molecular flexibility index (Phi) is 3.39. The van der Waals surface area contributed by atoms with Crippen LogP contribution in [0.4, 0.5) is 0 Å². The summed E-state index contributed by atoms with van der Waals surface area (Å²) in [5.41, 5.74) is 1.89. The minimum atomic E-state index is -0.540. The molecule has 0 aliphatic carbocycles. The van der Waals surface area contributed by atoms with Gasteiger partial charge in [-0.3, -0.25) is 9.78 Å². The number of fused-ring (bicyclic) bond motifs is 1. The van der Waals surface area contributed by atoms with Gasteiger partial charge >= 0.3 is 5.76 Å². The molecule has 0 saturated carbocycles. The van der Waals surface area contributed by atoms with Crippen molar-refractivity contribution in [2.45, 2.75) is 0 Å². The Bertz CT molecular complexity index is 882. The molecule has 1 heterocycles. The number of hydrogen-bond acceptors (Lipinski definition) is 3. The number of hydrogen-bond donors (Lipinski definition) is 1. The van der Waals surface area contributed by atoms with E-state index in [1.807, 2.05) is 0 Å². The Morgan fingerprint density at radius 3 is 2.80 bits per heavy atom. The highest BCUT2D eigenvalue weighted by Crippen LogP contribution is 2.22. The van der Waals surface area contributed by atoms with Crippen molar-refractivity contribution in [1.29, 1.82) is 0 Å². The third kappa shape index (κ3) is 2.38. The molecule has 0 fully saturated rings. The zero-order valence-electron chi connectivity index (χ0n) is 9.94. The largest absolute Gasteiger partial charge is 0.417 e. The first kappa shape index (κ1) is 13.4. The van der Waals surface area contributed by atoms with Gasteiger partial charge in [0.25, 0.3) is 0 Å². The van der Waals surface area contributed by atoms with Crippen molar-refractivity contribution < 1.29 is 9.21 Å². The van der Waals surface area contributed by atoms with E-state index in [4.69, 9.17) is 16.0 Å². The van der Waals surface area contributed by atoms with Crippen molar-refractivity contribution in [3.63, 3.8) is 0 Å². The number of benzene rings is 2. The molecule has 3 rings (SSSR count). The summed E-state index contributed by atoms with van der Waals surface area (Å²) in [6.07, 6.45) is 0. The molecule has 0 atom stereocenters. The number of nitrogens with one attached hydrogen (secondary N) is 1. The van der Waals surface area contributed by atoms with Gasteiger partial charge in [-0.15, -0.1) is 0 Å². The molecule has 6 heteroatoms. The van der Waals surface area contributed by atoms with Gasteiger partial charge < -0.3 is 4.42 Å². The summed E-state index contributed by atoms with van der Waals surface area (Å²) in [5.74, 6) is -0.704. The fourth-order valence-electron chi connectivity index (χ4n) is 1.91. The second-order valence-corrected chi connectivity index (χ2v) is 5.78. The molecule has 1 aromatic heterocycles. The molecule has 100 valence electrons. The van der Waals surface area contributed by atoms with Crippen LogP contribution in [0.25, 0.3) is 11.1 Å². The van der Waals surface area contributed by atoms with Gasteiger partial charge in [-0.05, 0) is 59.0 Å². The van der Waals surface area contributed by atoms with Crippen molar-refractivity contribution in [1.82, 2.24) is 4.98 Å². The normalized spacial score (nSPS) is 10.9. The molecule has 0 bridgehead atoms. The Morgan fingerprint density at radius 2 is 2.00 bits per heavy atom. The summed E-state index contributed by atoms with van der Waals surface area (Å²) < 4.78 is 5.77. The zero-order valence-corrected chi connectivity index (χ0v) is 12.9. The molecular weight excluding hydrogens is 393 g/mol. The maximum Gasteiger partial charge on any atom is 0.417 e. The monoisotopic (exact) mass is 399 g/mol. The number of carbonyl (C=O) groups excluding carboxylic acids is 1. The molecule has 0 radical (unpaired) electrons. The lowest BCUT2D eigenvalue weighted by molar-refractivity contribution is 0.103. The van der Waals surface area contributed by atoms with Gasteiger partial charge in [-0.1, -0.05) is 11.6 Å². The van der Waals surface area contributed by atoms with Crippen molar-refractivity contribution in [3.8, 4) is 0 Å². The van der Waals surface area contributed by atoms with E-state index in [2.05, 4.69) is 27.6 Å². The van der Waals surface area contributed by atoms with Gasteiger partial charge in [-0.2, -0.15) is 0 Å². The number of carbonyl (C=O) groups is 1. The third-order valence-electron chi connectivity index (χ3n) is 2.86. The van der Waals surface area contributed by atoms with Gasteiger partial charge in [-0.25, -0.2) is 4.79 Å². The maximum absolute atomic E-state index is 12.5. The number of ketones is 1. The summed E-state index contributed by atoms with van der Waals surface area (Å²) in [7, 11) is 0. The SMILES string of the molecule is O=C(c1ccc2[nH]c(=O)oc2c1)c1cc(Cl)ccc1I. The van der Waals surface area contributed by atoms with Crippen LogP contribution in [0.1, 0.15) is 15.9 Å². The smallest absolute Gasteiger partial charge is 0.408 e. The standard InChI is InChI=1S/C14H7ClINO3/c15-8-2-3-10(16)9(6-8)13(18)7-1-4-11-12(5-7)20-14(19)17-11/h1-6H,(H,17,19). The van der Waals surface area contributed by atoms with E-state index in [0.29, 0.717) is 27.2 Å². The van der Waals surface area contributed by atoms with Gasteiger partial charge in [0, 0.05) is 19.7 Å². The Morgan fingerprint density at radius 1 is 1.20 bits per heavy atom. The van der Waals surface area contributed by atoms with Gasteiger partial charge in [0.2, 0.25) is 0 Å². The summed E-state index contributed by atoms with van der Waals surface area (Å²) in [5, 5.41) is 0.503. The molecule has 3 aromatic rings. The lowest BCUT2D eigenvalue weighted by Crippen LogP contribution is -2.03. The number of rotatable bonds is 2. The number of aromatic amines is 1. The number of H-pyrrole nitrogens is 1. The lowest BCUT2D eigenvalue weighted by atomic mass is 10.0. The van der Waals surface area contributed by atoms with Crippen LogP contribution in [0.2, 0.25) is 5.02 Å². The maximum atomic E-state index is 12.5. The highest BCUT2D eigenvalue weighted by atomic mass is 127. The number of oxazole rings is 1. The summed E-state index contributed by atoms with van der Waals surface area (Å²) in [4.78, 5) is 26.1. The van der Waals surface area contributed by atoms with Crippen LogP contribution in [-0.4, -0.2) is 10.8 Å². The molecule has 2 aromatic carbocycles. The molecule has 4 nitrogen and oxygen atoms in total. The van der Waals surface area contributed by atoms with Crippen molar-refractivity contribution >= 4 is 51.1 Å². The second-order valence-electron chi connectivity index (χ2n) is 4.18. The third-order valence-corrected chi connectivity index (χ3v) is 4.03. The summed E-state index contributed by atoms with van der Waals surface area (Å²) in [6.45, 7) is 0. The van der Waals surface area contributed by atoms with E-state index in [9.17, 15) is 9.59 Å². The van der Waals surface area contributed by atoms with Gasteiger partial charge in [0.1, 0.15) is 0 Å². The van der Waals surface area contributed by atoms with Gasteiger partial charge in [0.15, 0.2) is 11.4 Å². The van der Waals surface area contributed by atoms with Crippen molar-refractivity contribution in [3.05, 3.63) is 66.7 Å². The quantitative estimate of drug-likeness (QED) is 0.529. The van der Waals surface area contributed by atoms with Crippen LogP contribution in [-0.2, 0) is 0 Å². The van der Waals surface area contributed by atoms with E-state index >= 15 is 0 Å². The molecule has 0 aliphatic rings. The molecule has 1 N–H and O–H groups in total. The summed E-state index contributed by atoms with van der Waals surface area (Å²) in [6, 6.07) is 9.98. The van der Waals surface area contributed by atoms with Crippen molar-refractivity contribution in [2.24, 2.45) is 0 Å². The summed E-state index contributed by atoms with van der Waals surface area (Å²) >= 11 is 8.01. The highest BCUT2D eigenvalue weighted by molar-refractivity contribution is 14.1. The first-order chi connectivity index (χ1) is 9.54. The average molecular weight is 400 g/mol. The first-order valence-corrected chi connectivity index (χ1v) is 7.13. The Balaban J connectivity index is 2.12. The Hall–Kier alpha value is -1.60. The van der Waals surface area contributed by atoms with E-state index < -0.39 is 5.76 Å². The number of aromatic nitrogens is 1. The topological polar surface area (TPSA) is 63.1 Å². The highest BCUT2D eigenvalue weighted by Gasteiger charge is 2.14. The second kappa shape index (κ2) is 5.06. The molecular formula is C14H7ClINO3. The van der Waals surface area contributed by atoms with Crippen molar-refractivity contribution in [2.75, 3.05) is 0 Å². The number of halogens is 2. The molecule has 0 spiro atoms. The fourth-order valence-corrected chi connectivity index (χ4v) is 2.67. The molecule has 20 heavy (non-hydrogen) atoms. The van der Waals surface area contributed by atoms with Crippen LogP contribution in [0, 0.1) is 3.57 Å². The minimum absolute atomic E-state index is 0.164. The minimum Gasteiger partial charge on any atom is -0.408 e. The molecule has 0 amide bonds. The van der Waals surface area contributed by atoms with Gasteiger partial charge in [0.05, 0.1) is 5.52 Å². The van der Waals surface area contributed by atoms with Crippen LogP contribution in [0.5, 0.6) is 0 Å². The predicted molar refractivity (Wildman–Crippen MR) is 84.4 cm³/mol. The van der Waals surface area contributed by atoms with E-state index in [1.54, 1.807) is 36.4 Å². The van der Waals surface area contributed by atoms with E-state index in [-0.39, 0.29) is 5.78 Å². The van der Waals surface area contributed by atoms with E-state index in [0.717, 1.165) is 3.57 Å². The van der Waals surface area contributed by atoms with Crippen LogP contribution < -0.4 is 5.76 Å². The average Bonchev–Trinajstić information content (AvgIpc) is 2.79.